The molecule has 0 spiro atoms. The maximum atomic E-state index is 12.1. The molecule has 0 atom stereocenters. The quantitative estimate of drug-likeness (QED) is 0.678. The van der Waals surface area contributed by atoms with E-state index in [9.17, 15) is 9.59 Å². The van der Waals surface area contributed by atoms with E-state index in [2.05, 4.69) is 15.6 Å². The highest BCUT2D eigenvalue weighted by molar-refractivity contribution is 5.94. The molecule has 2 aromatic carbocycles. The first-order valence-corrected chi connectivity index (χ1v) is 8.45. The Morgan fingerprint density at radius 2 is 1.81 bits per heavy atom. The summed E-state index contributed by atoms with van der Waals surface area (Å²) in [5.74, 6) is 0.184. The first kappa shape index (κ1) is 18.1. The smallest absolute Gasteiger partial charge is 0.262 e. The summed E-state index contributed by atoms with van der Waals surface area (Å²) >= 11 is 0. The van der Waals surface area contributed by atoms with Crippen molar-refractivity contribution in [1.29, 1.82) is 0 Å². The van der Waals surface area contributed by atoms with Gasteiger partial charge in [0.05, 0.1) is 5.56 Å². The molecule has 0 aliphatic carbocycles. The summed E-state index contributed by atoms with van der Waals surface area (Å²) in [6.45, 7) is 0.268. The number of rotatable bonds is 7. The van der Waals surface area contributed by atoms with E-state index in [4.69, 9.17) is 4.74 Å². The zero-order valence-electron chi connectivity index (χ0n) is 14.6. The van der Waals surface area contributed by atoms with Gasteiger partial charge in [-0.3, -0.25) is 14.6 Å². The van der Waals surface area contributed by atoms with Gasteiger partial charge in [-0.1, -0.05) is 30.3 Å². The van der Waals surface area contributed by atoms with E-state index in [1.54, 1.807) is 36.5 Å². The summed E-state index contributed by atoms with van der Waals surface area (Å²) in [5, 5.41) is 5.61. The van der Waals surface area contributed by atoms with Crippen molar-refractivity contribution in [1.82, 2.24) is 10.3 Å². The van der Waals surface area contributed by atoms with E-state index < -0.39 is 0 Å². The van der Waals surface area contributed by atoms with Crippen LogP contribution in [0.25, 0.3) is 0 Å². The second-order valence-electron chi connectivity index (χ2n) is 5.77. The van der Waals surface area contributed by atoms with Crippen LogP contribution in [0, 0.1) is 0 Å². The van der Waals surface area contributed by atoms with Crippen molar-refractivity contribution in [2.75, 3.05) is 11.9 Å². The molecule has 136 valence electrons. The van der Waals surface area contributed by atoms with Gasteiger partial charge < -0.3 is 15.4 Å². The van der Waals surface area contributed by atoms with Crippen LogP contribution in [0.1, 0.15) is 15.9 Å². The Morgan fingerprint density at radius 3 is 2.59 bits per heavy atom. The molecular weight excluding hydrogens is 342 g/mol. The van der Waals surface area contributed by atoms with Crippen molar-refractivity contribution in [3.05, 3.63) is 90.3 Å². The predicted molar refractivity (Wildman–Crippen MR) is 102 cm³/mol. The zero-order chi connectivity index (χ0) is 18.9. The number of aromatic nitrogens is 1. The number of nitrogens with zero attached hydrogens (tertiary/aromatic N) is 1. The summed E-state index contributed by atoms with van der Waals surface area (Å²) in [4.78, 5) is 28.0. The van der Waals surface area contributed by atoms with E-state index in [0.29, 0.717) is 23.5 Å². The molecule has 0 saturated heterocycles. The van der Waals surface area contributed by atoms with Gasteiger partial charge in [0.15, 0.2) is 6.61 Å². The van der Waals surface area contributed by atoms with Crippen LogP contribution in [-0.4, -0.2) is 23.4 Å². The number of pyridine rings is 1. The van der Waals surface area contributed by atoms with E-state index >= 15 is 0 Å². The third-order valence-corrected chi connectivity index (χ3v) is 3.70. The minimum atomic E-state index is -0.254. The van der Waals surface area contributed by atoms with Crippen molar-refractivity contribution in [3.63, 3.8) is 0 Å². The average molecular weight is 361 g/mol. The van der Waals surface area contributed by atoms with Gasteiger partial charge in [-0.05, 0) is 42.0 Å². The molecule has 3 aromatic rings. The summed E-state index contributed by atoms with van der Waals surface area (Å²) in [6, 6.07) is 19.8. The number of nitrogens with one attached hydrogen (secondary N) is 2. The zero-order valence-corrected chi connectivity index (χ0v) is 14.6. The highest BCUT2D eigenvalue weighted by Crippen LogP contribution is 2.12. The lowest BCUT2D eigenvalue weighted by Gasteiger charge is -2.09. The van der Waals surface area contributed by atoms with Crippen molar-refractivity contribution in [3.8, 4) is 5.75 Å². The fourth-order valence-electron chi connectivity index (χ4n) is 2.40. The van der Waals surface area contributed by atoms with Gasteiger partial charge in [-0.15, -0.1) is 0 Å². The average Bonchev–Trinajstić information content (AvgIpc) is 2.72. The lowest BCUT2D eigenvalue weighted by atomic mass is 10.2. The van der Waals surface area contributed by atoms with Crippen molar-refractivity contribution < 1.29 is 14.3 Å². The summed E-state index contributed by atoms with van der Waals surface area (Å²) in [6.07, 6.45) is 3.13. The van der Waals surface area contributed by atoms with Gasteiger partial charge >= 0.3 is 0 Å². The van der Waals surface area contributed by atoms with Crippen LogP contribution in [0.5, 0.6) is 5.75 Å². The summed E-state index contributed by atoms with van der Waals surface area (Å²) in [7, 11) is 0. The molecule has 0 unspecified atom stereocenters. The fourth-order valence-corrected chi connectivity index (χ4v) is 2.40. The molecule has 27 heavy (non-hydrogen) atoms. The first-order valence-electron chi connectivity index (χ1n) is 8.45. The molecule has 0 bridgehead atoms. The van der Waals surface area contributed by atoms with Crippen LogP contribution in [0.3, 0.4) is 0 Å². The monoisotopic (exact) mass is 361 g/mol. The Labute approximate surface area is 157 Å². The number of anilines is 1. The van der Waals surface area contributed by atoms with Crippen LogP contribution in [0.15, 0.2) is 79.1 Å². The maximum absolute atomic E-state index is 12.1. The number of carbonyl (C=O) groups is 2. The first-order chi connectivity index (χ1) is 13.2. The Kier molecular flexibility index (Phi) is 6.14. The summed E-state index contributed by atoms with van der Waals surface area (Å²) < 4.78 is 5.42. The Morgan fingerprint density at radius 1 is 0.963 bits per heavy atom. The lowest BCUT2D eigenvalue weighted by molar-refractivity contribution is -0.118. The van der Waals surface area contributed by atoms with Crippen LogP contribution in [0.2, 0.25) is 0 Å². The molecule has 2 N–H and O–H groups in total. The fraction of sp³-hybridized carbons (Fsp3) is 0.0952. The SMILES string of the molecule is O=C(COc1ccccc1)Nc1cccc(CNC(=O)c2cccnc2)c1. The minimum absolute atomic E-state index is 0.0774. The van der Waals surface area contributed by atoms with Crippen LogP contribution < -0.4 is 15.4 Å². The second-order valence-corrected chi connectivity index (χ2v) is 5.77. The third kappa shape index (κ3) is 5.67. The Bertz CT molecular complexity index is 899. The normalized spacial score (nSPS) is 10.1. The van der Waals surface area contributed by atoms with Gasteiger partial charge in [0.25, 0.3) is 11.8 Å². The van der Waals surface area contributed by atoms with Gasteiger partial charge in [0.1, 0.15) is 5.75 Å². The highest BCUT2D eigenvalue weighted by Gasteiger charge is 2.07. The molecule has 0 fully saturated rings. The topological polar surface area (TPSA) is 80.3 Å². The molecular formula is C21H19N3O3. The lowest BCUT2D eigenvalue weighted by Crippen LogP contribution is -2.23. The number of benzene rings is 2. The minimum Gasteiger partial charge on any atom is -0.484 e. The Balaban J connectivity index is 1.51. The number of amides is 2. The van der Waals surface area contributed by atoms with Crippen molar-refractivity contribution >= 4 is 17.5 Å². The molecule has 2 amide bonds. The Hall–Kier alpha value is -3.67. The standard InChI is InChI=1S/C21H19N3O3/c25-20(15-27-19-9-2-1-3-10-19)24-18-8-4-6-16(12-18)13-23-21(26)17-7-5-11-22-14-17/h1-12,14H,13,15H2,(H,23,26)(H,24,25). The largest absolute Gasteiger partial charge is 0.484 e. The van der Waals surface area contributed by atoms with Crippen LogP contribution >= 0.6 is 0 Å². The van der Waals surface area contributed by atoms with Crippen molar-refractivity contribution in [2.45, 2.75) is 6.54 Å². The maximum Gasteiger partial charge on any atom is 0.262 e. The third-order valence-electron chi connectivity index (χ3n) is 3.70. The molecule has 0 radical (unpaired) electrons. The van der Waals surface area contributed by atoms with E-state index in [-0.39, 0.29) is 18.4 Å². The molecule has 1 aromatic heterocycles. The molecule has 1 heterocycles. The molecule has 6 nitrogen and oxygen atoms in total. The van der Waals surface area contributed by atoms with Gasteiger partial charge in [0, 0.05) is 24.6 Å². The van der Waals surface area contributed by atoms with E-state index in [1.165, 1.54) is 6.20 Å². The molecule has 0 saturated carbocycles. The number of carbonyl (C=O) groups excluding carboxylic acids is 2. The number of para-hydroxylation sites is 1. The number of ether oxygens (including phenoxy) is 1. The number of hydrogen-bond donors (Lipinski definition) is 2. The van der Waals surface area contributed by atoms with Gasteiger partial charge in [-0.25, -0.2) is 0 Å². The van der Waals surface area contributed by atoms with E-state index in [0.717, 1.165) is 5.56 Å². The molecule has 6 heteroatoms. The van der Waals surface area contributed by atoms with Crippen LogP contribution in [0.4, 0.5) is 5.69 Å². The summed E-state index contributed by atoms with van der Waals surface area (Å²) in [5.41, 5.74) is 2.01. The van der Waals surface area contributed by atoms with Crippen LogP contribution in [-0.2, 0) is 11.3 Å². The predicted octanol–water partition coefficient (Wildman–Crippen LogP) is 3.03. The van der Waals surface area contributed by atoms with Crippen molar-refractivity contribution in [2.24, 2.45) is 0 Å². The molecule has 0 aliphatic rings. The molecule has 0 aliphatic heterocycles. The van der Waals surface area contributed by atoms with E-state index in [1.807, 2.05) is 36.4 Å². The van der Waals surface area contributed by atoms with Gasteiger partial charge in [0.2, 0.25) is 0 Å². The second kappa shape index (κ2) is 9.15. The number of hydrogen-bond acceptors (Lipinski definition) is 4. The highest BCUT2D eigenvalue weighted by atomic mass is 16.5. The molecule has 3 rings (SSSR count). The van der Waals surface area contributed by atoms with Gasteiger partial charge in [-0.2, -0.15) is 0 Å².